The minimum Gasteiger partial charge on any atom is -0.462 e. The molecule has 59 heavy (non-hydrogen) atoms. The predicted molar refractivity (Wildman–Crippen MR) is 251 cm³/mol. The monoisotopic (exact) mass is 817 g/mol. The molecule has 0 rings (SSSR count). The van der Waals surface area contributed by atoms with Gasteiger partial charge in [0.25, 0.3) is 0 Å². The number of ether oxygens (including phenoxy) is 3. The van der Waals surface area contributed by atoms with Gasteiger partial charge in [-0.05, 0) is 83.5 Å². The summed E-state index contributed by atoms with van der Waals surface area (Å²) in [6, 6.07) is 0. The number of carbonyl (C=O) groups excluding carboxylic acids is 3. The number of unbranched alkanes of at least 4 members (excludes halogenated alkanes) is 14. The highest BCUT2D eigenvalue weighted by molar-refractivity contribution is 5.72. The maximum absolute atomic E-state index is 12.7. The van der Waals surface area contributed by atoms with E-state index in [-0.39, 0.29) is 44.4 Å². The quantitative estimate of drug-likeness (QED) is 0.0201. The summed E-state index contributed by atoms with van der Waals surface area (Å²) in [5.41, 5.74) is 0. The number of carbonyl (C=O) groups is 3. The van der Waals surface area contributed by atoms with Gasteiger partial charge < -0.3 is 14.2 Å². The molecule has 1 unspecified atom stereocenters. The Morgan fingerprint density at radius 3 is 1.42 bits per heavy atom. The van der Waals surface area contributed by atoms with Gasteiger partial charge in [0.05, 0.1) is 6.42 Å². The Morgan fingerprint density at radius 1 is 0.390 bits per heavy atom. The first-order valence-corrected chi connectivity index (χ1v) is 23.4. The fraction of sp³-hybridized carbons (Fsp3) is 0.604. The molecule has 0 aliphatic rings. The first kappa shape index (κ1) is 55.1. The van der Waals surface area contributed by atoms with E-state index in [1.807, 2.05) is 6.08 Å². The molecule has 332 valence electrons. The second-order valence-corrected chi connectivity index (χ2v) is 15.0. The summed E-state index contributed by atoms with van der Waals surface area (Å²) >= 11 is 0. The minimum atomic E-state index is -0.840. The van der Waals surface area contributed by atoms with E-state index in [4.69, 9.17) is 14.2 Å². The smallest absolute Gasteiger partial charge is 0.309 e. The third-order valence-electron chi connectivity index (χ3n) is 9.34. The van der Waals surface area contributed by atoms with Gasteiger partial charge in [0, 0.05) is 12.8 Å². The normalized spacial score (nSPS) is 13.1. The van der Waals surface area contributed by atoms with Crippen molar-refractivity contribution >= 4 is 17.9 Å². The van der Waals surface area contributed by atoms with Crippen LogP contribution in [0.15, 0.2) is 109 Å². The fourth-order valence-electron chi connectivity index (χ4n) is 5.87. The van der Waals surface area contributed by atoms with E-state index in [0.717, 1.165) is 77.0 Å². The third kappa shape index (κ3) is 45.0. The van der Waals surface area contributed by atoms with Gasteiger partial charge in [-0.2, -0.15) is 0 Å². The SMILES string of the molecule is CC\C=C/C=C\C=C/CCCCCCCCCC(=O)OC(COC(=O)C/C=C\C/C=C\C/C=C\CC)COC(=O)CCC/C=C\C/C=C\C/C=C\CCCCCCCC. The highest BCUT2D eigenvalue weighted by atomic mass is 16.6. The van der Waals surface area contributed by atoms with Crippen LogP contribution in [0.2, 0.25) is 0 Å². The lowest BCUT2D eigenvalue weighted by Gasteiger charge is -2.18. The Morgan fingerprint density at radius 2 is 0.831 bits per heavy atom. The van der Waals surface area contributed by atoms with Crippen LogP contribution in [-0.4, -0.2) is 37.2 Å². The Kier molecular flexibility index (Phi) is 43.6. The lowest BCUT2D eigenvalue weighted by atomic mass is 10.1. The van der Waals surface area contributed by atoms with Crippen molar-refractivity contribution in [2.75, 3.05) is 13.2 Å². The van der Waals surface area contributed by atoms with Gasteiger partial charge in [0.2, 0.25) is 0 Å². The van der Waals surface area contributed by atoms with E-state index in [2.05, 4.69) is 118 Å². The Bertz CT molecular complexity index is 1260. The molecule has 0 N–H and O–H groups in total. The predicted octanol–water partition coefficient (Wildman–Crippen LogP) is 15.2. The Balaban J connectivity index is 4.52. The average molecular weight is 817 g/mol. The van der Waals surface area contributed by atoms with E-state index in [0.29, 0.717) is 6.42 Å². The zero-order chi connectivity index (χ0) is 43.0. The first-order chi connectivity index (χ1) is 29.0. The van der Waals surface area contributed by atoms with Crippen molar-refractivity contribution < 1.29 is 28.6 Å². The Hall–Kier alpha value is -3.93. The van der Waals surface area contributed by atoms with Crippen LogP contribution < -0.4 is 0 Å². The molecule has 0 aliphatic carbocycles. The molecule has 0 aromatic carbocycles. The van der Waals surface area contributed by atoms with E-state index in [9.17, 15) is 14.4 Å². The number of esters is 3. The summed E-state index contributed by atoms with van der Waals surface area (Å²) in [4.78, 5) is 37.7. The summed E-state index contributed by atoms with van der Waals surface area (Å²) in [5.74, 6) is -1.14. The van der Waals surface area contributed by atoms with Crippen LogP contribution >= 0.6 is 0 Å². The molecule has 0 aromatic heterocycles. The molecule has 0 saturated carbocycles. The van der Waals surface area contributed by atoms with Crippen LogP contribution in [0.4, 0.5) is 0 Å². The van der Waals surface area contributed by atoms with Crippen LogP contribution in [0.5, 0.6) is 0 Å². The summed E-state index contributed by atoms with van der Waals surface area (Å²) < 4.78 is 16.5. The molecule has 0 saturated heterocycles. The zero-order valence-electron chi connectivity index (χ0n) is 37.7. The van der Waals surface area contributed by atoms with E-state index >= 15 is 0 Å². The average Bonchev–Trinajstić information content (AvgIpc) is 3.23. The molecule has 0 fully saturated rings. The molecule has 0 aromatic rings. The van der Waals surface area contributed by atoms with Gasteiger partial charge in [-0.15, -0.1) is 0 Å². The van der Waals surface area contributed by atoms with Crippen LogP contribution in [-0.2, 0) is 28.6 Å². The van der Waals surface area contributed by atoms with Gasteiger partial charge in [-0.3, -0.25) is 14.4 Å². The topological polar surface area (TPSA) is 78.9 Å². The van der Waals surface area contributed by atoms with E-state index in [1.165, 1.54) is 64.2 Å². The van der Waals surface area contributed by atoms with Crippen LogP contribution in [0.3, 0.4) is 0 Å². The molecule has 0 radical (unpaired) electrons. The number of hydrogen-bond donors (Lipinski definition) is 0. The summed E-state index contributed by atoms with van der Waals surface area (Å²) in [7, 11) is 0. The lowest BCUT2D eigenvalue weighted by Crippen LogP contribution is -2.30. The van der Waals surface area contributed by atoms with Gasteiger partial charge in [0.1, 0.15) is 13.2 Å². The van der Waals surface area contributed by atoms with Crippen molar-refractivity contribution in [1.29, 1.82) is 0 Å². The minimum absolute atomic E-state index is 0.120. The zero-order valence-corrected chi connectivity index (χ0v) is 37.7. The molecule has 6 nitrogen and oxygen atoms in total. The first-order valence-electron chi connectivity index (χ1n) is 23.4. The molecular formula is C53H84O6. The van der Waals surface area contributed by atoms with Crippen molar-refractivity contribution in [3.05, 3.63) is 109 Å². The third-order valence-corrected chi connectivity index (χ3v) is 9.34. The highest BCUT2D eigenvalue weighted by Gasteiger charge is 2.19. The second kappa shape index (κ2) is 46.8. The van der Waals surface area contributed by atoms with E-state index < -0.39 is 12.1 Å². The Labute approximate surface area is 361 Å². The number of hydrogen-bond acceptors (Lipinski definition) is 6. The molecule has 0 spiro atoms. The van der Waals surface area contributed by atoms with Crippen molar-refractivity contribution in [3.63, 3.8) is 0 Å². The van der Waals surface area contributed by atoms with Crippen molar-refractivity contribution in [1.82, 2.24) is 0 Å². The standard InChI is InChI=1S/C53H84O6/c1-4-7-10-13-16-19-21-23-25-26-28-29-31-34-37-40-43-46-52(55)58-49-50(48-57-51(54)45-42-39-36-33-18-15-12-9-6-3)59-53(56)47-44-41-38-35-32-30-27-24-22-20-17-14-11-8-5-2/h8-9,11-12,14,17-18,20,22-23,25,28-29,33-34,37,39,42,50H,4-7,10,13,15-16,19,21,24,26-27,30-32,35-36,38,40-41,43-49H2,1-3H3/b11-8-,12-9-,17-14-,22-20-,25-23-,29-28-,33-18-,37-34-,42-39-. The van der Waals surface area contributed by atoms with Gasteiger partial charge in [-0.25, -0.2) is 0 Å². The molecule has 1 atom stereocenters. The number of allylic oxidation sites excluding steroid dienone is 17. The van der Waals surface area contributed by atoms with E-state index in [1.54, 1.807) is 6.08 Å². The molecule has 0 bridgehead atoms. The number of rotatable bonds is 40. The van der Waals surface area contributed by atoms with Crippen molar-refractivity contribution in [2.24, 2.45) is 0 Å². The van der Waals surface area contributed by atoms with Crippen molar-refractivity contribution in [2.45, 2.75) is 194 Å². The maximum Gasteiger partial charge on any atom is 0.309 e. The molecule has 6 heteroatoms. The lowest BCUT2D eigenvalue weighted by molar-refractivity contribution is -0.166. The van der Waals surface area contributed by atoms with Crippen LogP contribution in [0.1, 0.15) is 188 Å². The van der Waals surface area contributed by atoms with Gasteiger partial charge in [-0.1, -0.05) is 194 Å². The molecule has 0 heterocycles. The largest absolute Gasteiger partial charge is 0.462 e. The maximum atomic E-state index is 12.7. The van der Waals surface area contributed by atoms with Gasteiger partial charge in [0.15, 0.2) is 6.10 Å². The second-order valence-electron chi connectivity index (χ2n) is 15.0. The molecule has 0 amide bonds. The summed E-state index contributed by atoms with van der Waals surface area (Å²) in [6.07, 6.45) is 62.6. The van der Waals surface area contributed by atoms with Gasteiger partial charge >= 0.3 is 17.9 Å². The molecule has 0 aliphatic heterocycles. The molecular weight excluding hydrogens is 733 g/mol. The summed E-state index contributed by atoms with van der Waals surface area (Å²) in [5, 5.41) is 0. The highest BCUT2D eigenvalue weighted by Crippen LogP contribution is 2.12. The van der Waals surface area contributed by atoms with Crippen LogP contribution in [0.25, 0.3) is 0 Å². The van der Waals surface area contributed by atoms with Crippen molar-refractivity contribution in [3.8, 4) is 0 Å². The van der Waals surface area contributed by atoms with Crippen LogP contribution in [0, 0.1) is 0 Å². The summed E-state index contributed by atoms with van der Waals surface area (Å²) in [6.45, 7) is 6.20. The fourth-order valence-corrected chi connectivity index (χ4v) is 5.87.